The molecule has 180 valence electrons. The quantitative estimate of drug-likeness (QED) is 0.500. The molecule has 7 nitrogen and oxygen atoms in total. The minimum atomic E-state index is -0.988. The molecule has 1 spiro atoms. The molecule has 2 aromatic carbocycles. The van der Waals surface area contributed by atoms with E-state index in [0.29, 0.717) is 42.9 Å². The van der Waals surface area contributed by atoms with E-state index in [4.69, 9.17) is 24.7 Å². The van der Waals surface area contributed by atoms with Crippen LogP contribution in [0.4, 0.5) is 10.5 Å². The molecule has 2 heterocycles. The largest absolute Gasteiger partial charge is 0.514 e. The Bertz CT molecular complexity index is 1120. The summed E-state index contributed by atoms with van der Waals surface area (Å²) in [5.74, 6) is -0.0351. The highest BCUT2D eigenvalue weighted by Gasteiger charge is 2.48. The highest BCUT2D eigenvalue weighted by atomic mass is 16.7. The highest BCUT2D eigenvalue weighted by Crippen LogP contribution is 2.40. The molecule has 2 aromatic rings. The van der Waals surface area contributed by atoms with E-state index in [2.05, 4.69) is 0 Å². The van der Waals surface area contributed by atoms with Crippen LogP contribution in [-0.4, -0.2) is 43.0 Å². The first-order valence-electron chi connectivity index (χ1n) is 11.5. The molecule has 1 fully saturated rings. The van der Waals surface area contributed by atoms with Gasteiger partial charge in [0.1, 0.15) is 23.6 Å². The third kappa shape index (κ3) is 5.00. The Morgan fingerprint density at radius 1 is 1.03 bits per heavy atom. The van der Waals surface area contributed by atoms with Gasteiger partial charge in [-0.3, -0.25) is 4.79 Å². The number of benzene rings is 2. The van der Waals surface area contributed by atoms with Crippen LogP contribution in [0, 0.1) is 6.92 Å². The molecule has 0 atom stereocenters. The molecule has 0 aromatic heterocycles. The van der Waals surface area contributed by atoms with E-state index in [1.54, 1.807) is 20.8 Å². The molecule has 0 bridgehead atoms. The van der Waals surface area contributed by atoms with Crippen LogP contribution < -0.4 is 5.73 Å². The molecule has 0 saturated carbocycles. The van der Waals surface area contributed by atoms with Crippen LogP contribution in [0.5, 0.6) is 0 Å². The highest BCUT2D eigenvalue weighted by molar-refractivity contribution is 6.26. The zero-order valence-corrected chi connectivity index (χ0v) is 20.1. The summed E-state index contributed by atoms with van der Waals surface area (Å²) >= 11 is 0. The average Bonchev–Trinajstić information content (AvgIpc) is 2.78. The second-order valence-corrected chi connectivity index (χ2v) is 9.74. The summed E-state index contributed by atoms with van der Waals surface area (Å²) in [5, 5.41) is 0. The van der Waals surface area contributed by atoms with Crippen LogP contribution >= 0.6 is 0 Å². The normalized spacial score (nSPS) is 18.2. The third-order valence-electron chi connectivity index (χ3n) is 6.05. The Kier molecular flexibility index (Phi) is 6.51. The van der Waals surface area contributed by atoms with Crippen LogP contribution in [-0.2, 0) is 23.7 Å². The van der Waals surface area contributed by atoms with Gasteiger partial charge in [0.25, 0.3) is 0 Å². The number of nitrogen functional groups attached to an aromatic ring is 1. The van der Waals surface area contributed by atoms with Crippen LogP contribution in [0.1, 0.15) is 44.7 Å². The van der Waals surface area contributed by atoms with Gasteiger partial charge in [0, 0.05) is 31.7 Å². The van der Waals surface area contributed by atoms with E-state index in [-0.39, 0.29) is 18.1 Å². The SMILES string of the molecule is Cc1ccc(-c2ccc(N)cc2)cc1C1=C(OC(=O)OC(C)(C)C)COC2(CCOCC2)C1=O. The first-order chi connectivity index (χ1) is 16.1. The summed E-state index contributed by atoms with van der Waals surface area (Å²) < 4.78 is 22.4. The lowest BCUT2D eigenvalue weighted by Crippen LogP contribution is -2.50. The van der Waals surface area contributed by atoms with Crippen molar-refractivity contribution in [3.63, 3.8) is 0 Å². The van der Waals surface area contributed by atoms with Crippen molar-refractivity contribution in [1.82, 2.24) is 0 Å². The fraction of sp³-hybridized carbons (Fsp3) is 0.407. The number of carbonyl (C=O) groups excluding carboxylic acids is 2. The number of anilines is 1. The van der Waals surface area contributed by atoms with E-state index in [1.165, 1.54) is 0 Å². The lowest BCUT2D eigenvalue weighted by Gasteiger charge is -2.40. The lowest BCUT2D eigenvalue weighted by molar-refractivity contribution is -0.155. The number of ether oxygens (including phenoxy) is 4. The number of ketones is 1. The van der Waals surface area contributed by atoms with Gasteiger partial charge in [0.05, 0.1) is 5.57 Å². The lowest BCUT2D eigenvalue weighted by atomic mass is 9.79. The molecule has 2 aliphatic heterocycles. The van der Waals surface area contributed by atoms with Gasteiger partial charge in [-0.2, -0.15) is 0 Å². The van der Waals surface area contributed by atoms with Crippen LogP contribution in [0.15, 0.2) is 48.2 Å². The molecule has 0 radical (unpaired) electrons. The van der Waals surface area contributed by atoms with Crippen molar-refractivity contribution < 1.29 is 28.5 Å². The fourth-order valence-electron chi connectivity index (χ4n) is 4.24. The Hall–Kier alpha value is -3.16. The summed E-state index contributed by atoms with van der Waals surface area (Å²) in [5.41, 5.74) is 8.63. The van der Waals surface area contributed by atoms with Gasteiger partial charge in [0.15, 0.2) is 5.78 Å². The van der Waals surface area contributed by atoms with Crippen LogP contribution in [0.2, 0.25) is 0 Å². The maximum atomic E-state index is 13.9. The van der Waals surface area contributed by atoms with Gasteiger partial charge >= 0.3 is 6.16 Å². The number of hydrogen-bond acceptors (Lipinski definition) is 7. The average molecular weight is 466 g/mol. The van der Waals surface area contributed by atoms with E-state index in [1.807, 2.05) is 49.4 Å². The fourth-order valence-corrected chi connectivity index (χ4v) is 4.24. The van der Waals surface area contributed by atoms with Crippen molar-refractivity contribution in [3.05, 3.63) is 59.4 Å². The number of nitrogens with two attached hydrogens (primary N) is 1. The molecular formula is C27H31NO6. The maximum absolute atomic E-state index is 13.9. The smallest absolute Gasteiger partial charge is 0.428 e. The summed E-state index contributed by atoms with van der Waals surface area (Å²) in [6.07, 6.45) is 0.0315. The van der Waals surface area contributed by atoms with Gasteiger partial charge in [-0.05, 0) is 68.1 Å². The predicted octanol–water partition coefficient (Wildman–Crippen LogP) is 5.06. The summed E-state index contributed by atoms with van der Waals surface area (Å²) in [7, 11) is 0. The Balaban J connectivity index is 1.80. The Morgan fingerprint density at radius 2 is 1.68 bits per heavy atom. The van der Waals surface area contributed by atoms with Crippen LogP contribution in [0.25, 0.3) is 16.7 Å². The first kappa shape index (κ1) is 24.0. The zero-order valence-electron chi connectivity index (χ0n) is 20.1. The molecule has 7 heteroatoms. The maximum Gasteiger partial charge on any atom is 0.514 e. The second kappa shape index (κ2) is 9.24. The molecule has 2 N–H and O–H groups in total. The van der Waals surface area contributed by atoms with Crippen molar-refractivity contribution in [3.8, 4) is 11.1 Å². The van der Waals surface area contributed by atoms with Crippen molar-refractivity contribution in [2.75, 3.05) is 25.6 Å². The topological polar surface area (TPSA) is 97.1 Å². The minimum absolute atomic E-state index is 0.00808. The molecule has 2 aliphatic rings. The third-order valence-corrected chi connectivity index (χ3v) is 6.05. The van der Waals surface area contributed by atoms with E-state index < -0.39 is 17.4 Å². The molecule has 1 saturated heterocycles. The van der Waals surface area contributed by atoms with E-state index >= 15 is 0 Å². The van der Waals surface area contributed by atoms with Gasteiger partial charge in [-0.25, -0.2) is 4.79 Å². The van der Waals surface area contributed by atoms with Crippen molar-refractivity contribution in [1.29, 1.82) is 0 Å². The number of hydrogen-bond donors (Lipinski definition) is 1. The molecule has 34 heavy (non-hydrogen) atoms. The number of aryl methyl sites for hydroxylation is 1. The van der Waals surface area contributed by atoms with Crippen molar-refractivity contribution >= 4 is 23.2 Å². The number of carbonyl (C=O) groups is 2. The molecule has 0 unspecified atom stereocenters. The van der Waals surface area contributed by atoms with Crippen molar-refractivity contribution in [2.45, 2.75) is 51.7 Å². The van der Waals surface area contributed by atoms with E-state index in [0.717, 1.165) is 16.7 Å². The van der Waals surface area contributed by atoms with Gasteiger partial charge in [-0.1, -0.05) is 24.3 Å². The Labute approximate surface area is 199 Å². The zero-order chi connectivity index (χ0) is 24.5. The Morgan fingerprint density at radius 3 is 2.32 bits per heavy atom. The monoisotopic (exact) mass is 465 g/mol. The molecule has 0 aliphatic carbocycles. The summed E-state index contributed by atoms with van der Waals surface area (Å²) in [4.78, 5) is 26.4. The standard InChI is InChI=1S/C27H31NO6/c1-17-5-6-19(18-7-9-20(28)10-8-18)15-21(17)23-22(33-25(30)34-26(2,3)4)16-32-27(24(23)29)11-13-31-14-12-27/h5-10,15H,11-14,16,28H2,1-4H3. The second-order valence-electron chi connectivity index (χ2n) is 9.74. The molecule has 4 rings (SSSR count). The number of rotatable bonds is 3. The van der Waals surface area contributed by atoms with Crippen molar-refractivity contribution in [2.24, 2.45) is 0 Å². The van der Waals surface area contributed by atoms with Crippen LogP contribution in [0.3, 0.4) is 0 Å². The predicted molar refractivity (Wildman–Crippen MR) is 129 cm³/mol. The van der Waals surface area contributed by atoms with E-state index in [9.17, 15) is 9.59 Å². The van der Waals surface area contributed by atoms with Gasteiger partial charge < -0.3 is 24.7 Å². The van der Waals surface area contributed by atoms with Gasteiger partial charge in [-0.15, -0.1) is 0 Å². The molecule has 0 amide bonds. The molecular weight excluding hydrogens is 434 g/mol. The first-order valence-corrected chi connectivity index (χ1v) is 11.5. The van der Waals surface area contributed by atoms with Gasteiger partial charge in [0.2, 0.25) is 0 Å². The summed E-state index contributed by atoms with van der Waals surface area (Å²) in [6, 6.07) is 13.4. The number of Topliss-reactive ketones (excluding diaryl/α,β-unsaturated/α-hetero) is 1. The minimum Gasteiger partial charge on any atom is -0.428 e. The summed E-state index contributed by atoms with van der Waals surface area (Å²) in [6.45, 7) is 8.05.